The minimum absolute atomic E-state index is 0.0469. The van der Waals surface area contributed by atoms with Gasteiger partial charge in [-0.3, -0.25) is 4.79 Å². The lowest BCUT2D eigenvalue weighted by Gasteiger charge is -2.19. The molecule has 0 saturated heterocycles. The molecule has 1 atom stereocenters. The number of benzene rings is 1. The second-order valence-electron chi connectivity index (χ2n) is 5.45. The van der Waals surface area contributed by atoms with Gasteiger partial charge in [0, 0.05) is 10.6 Å². The first-order chi connectivity index (χ1) is 12.5. The minimum Gasteiger partial charge on any atom is -0.488 e. The molecule has 0 radical (unpaired) electrons. The molecule has 0 spiro atoms. The Morgan fingerprint density at radius 1 is 1.42 bits per heavy atom. The molecular formula is C18H13ClN2O4S. The third-order valence-electron chi connectivity index (χ3n) is 3.62. The monoisotopic (exact) mass is 388 g/mol. The Morgan fingerprint density at radius 2 is 2.23 bits per heavy atom. The Balaban J connectivity index is 1.66. The Kier molecular flexibility index (Phi) is 5.26. The maximum absolute atomic E-state index is 12.3. The van der Waals surface area contributed by atoms with E-state index in [2.05, 4.69) is 5.32 Å². The fourth-order valence-electron chi connectivity index (χ4n) is 2.26. The molecule has 1 aromatic carbocycles. The van der Waals surface area contributed by atoms with Crippen LogP contribution in [0.15, 0.2) is 35.2 Å². The molecule has 0 bridgehead atoms. The number of nitrogens with one attached hydrogen (secondary N) is 1. The summed E-state index contributed by atoms with van der Waals surface area (Å²) in [6.07, 6.45) is 0.600. The molecule has 8 heteroatoms. The summed E-state index contributed by atoms with van der Waals surface area (Å²) in [5.41, 5.74) is 1.32. The van der Waals surface area contributed by atoms with Crippen LogP contribution < -0.4 is 10.1 Å². The number of anilines is 1. The predicted molar refractivity (Wildman–Crippen MR) is 98.1 cm³/mol. The number of thiophene rings is 1. The lowest BCUT2D eigenvalue weighted by atomic mass is 10.1. The molecule has 1 amide bonds. The highest BCUT2D eigenvalue weighted by atomic mass is 35.5. The van der Waals surface area contributed by atoms with Crippen molar-refractivity contribution in [2.24, 2.45) is 0 Å². The van der Waals surface area contributed by atoms with Gasteiger partial charge in [-0.1, -0.05) is 11.6 Å². The van der Waals surface area contributed by atoms with Crippen molar-refractivity contribution in [1.82, 2.24) is 0 Å². The lowest BCUT2D eigenvalue weighted by molar-refractivity contribution is -0.149. The van der Waals surface area contributed by atoms with E-state index in [0.717, 1.165) is 0 Å². The van der Waals surface area contributed by atoms with Gasteiger partial charge in [0.25, 0.3) is 5.91 Å². The predicted octanol–water partition coefficient (Wildman–Crippen LogP) is 3.62. The molecule has 0 fully saturated rings. The summed E-state index contributed by atoms with van der Waals surface area (Å²) in [4.78, 5) is 24.5. The van der Waals surface area contributed by atoms with Crippen molar-refractivity contribution in [3.8, 4) is 11.8 Å². The Bertz CT molecular complexity index is 945. The third kappa shape index (κ3) is 3.87. The third-order valence-corrected chi connectivity index (χ3v) is 4.69. The second kappa shape index (κ2) is 7.60. The SMILES string of the molecule is CC(OC(=O)C1=Cc2cc(Cl)ccc2OC1)C(=O)Nc1sccc1C#N. The normalized spacial score (nSPS) is 13.5. The van der Waals surface area contributed by atoms with Gasteiger partial charge in [-0.15, -0.1) is 11.3 Å². The van der Waals surface area contributed by atoms with Crippen LogP contribution in [0.2, 0.25) is 5.02 Å². The summed E-state index contributed by atoms with van der Waals surface area (Å²) in [5.74, 6) is -0.540. The molecule has 1 aromatic heterocycles. The van der Waals surface area contributed by atoms with Crippen LogP contribution in [-0.2, 0) is 14.3 Å². The number of halogens is 1. The quantitative estimate of drug-likeness (QED) is 0.808. The van der Waals surface area contributed by atoms with Gasteiger partial charge in [-0.25, -0.2) is 4.79 Å². The summed E-state index contributed by atoms with van der Waals surface area (Å²) in [5, 5.41) is 14.2. The summed E-state index contributed by atoms with van der Waals surface area (Å²) < 4.78 is 10.7. The number of hydrogen-bond donors (Lipinski definition) is 1. The molecule has 2 aromatic rings. The summed E-state index contributed by atoms with van der Waals surface area (Å²) in [6, 6.07) is 8.68. The van der Waals surface area contributed by atoms with Crippen LogP contribution in [0.3, 0.4) is 0 Å². The number of rotatable bonds is 4. The van der Waals surface area contributed by atoms with Crippen LogP contribution in [0.4, 0.5) is 5.00 Å². The van der Waals surface area contributed by atoms with E-state index in [9.17, 15) is 9.59 Å². The number of ether oxygens (including phenoxy) is 2. The van der Waals surface area contributed by atoms with E-state index in [1.807, 2.05) is 6.07 Å². The van der Waals surface area contributed by atoms with E-state index in [4.69, 9.17) is 26.3 Å². The summed E-state index contributed by atoms with van der Waals surface area (Å²) in [6.45, 7) is 1.51. The molecule has 6 nitrogen and oxygen atoms in total. The van der Waals surface area contributed by atoms with Crippen LogP contribution >= 0.6 is 22.9 Å². The first kappa shape index (κ1) is 18.0. The van der Waals surface area contributed by atoms with Gasteiger partial charge >= 0.3 is 5.97 Å². The van der Waals surface area contributed by atoms with Gasteiger partial charge < -0.3 is 14.8 Å². The van der Waals surface area contributed by atoms with E-state index in [0.29, 0.717) is 26.9 Å². The average Bonchev–Trinajstić information content (AvgIpc) is 3.07. The average molecular weight is 389 g/mol. The first-order valence-corrected chi connectivity index (χ1v) is 8.86. The zero-order valence-electron chi connectivity index (χ0n) is 13.6. The van der Waals surface area contributed by atoms with Crippen molar-refractivity contribution in [2.75, 3.05) is 11.9 Å². The van der Waals surface area contributed by atoms with Gasteiger partial charge in [0.05, 0.1) is 11.1 Å². The number of nitrogens with zero attached hydrogens (tertiary/aromatic N) is 1. The number of carbonyl (C=O) groups is 2. The van der Waals surface area contributed by atoms with Crippen molar-refractivity contribution < 1.29 is 19.1 Å². The number of hydrogen-bond acceptors (Lipinski definition) is 6. The van der Waals surface area contributed by atoms with Gasteiger partial charge in [0.15, 0.2) is 6.10 Å². The molecule has 2 heterocycles. The van der Waals surface area contributed by atoms with E-state index in [1.54, 1.807) is 35.7 Å². The fraction of sp³-hybridized carbons (Fsp3) is 0.167. The maximum atomic E-state index is 12.3. The fourth-order valence-corrected chi connectivity index (χ4v) is 3.18. The van der Waals surface area contributed by atoms with Crippen molar-refractivity contribution in [3.05, 3.63) is 51.4 Å². The summed E-state index contributed by atoms with van der Waals surface area (Å²) in [7, 11) is 0. The van der Waals surface area contributed by atoms with Gasteiger partial charge in [0.2, 0.25) is 0 Å². The summed E-state index contributed by atoms with van der Waals surface area (Å²) >= 11 is 7.17. The number of esters is 1. The zero-order chi connectivity index (χ0) is 18.7. The Hall–Kier alpha value is -2.82. The largest absolute Gasteiger partial charge is 0.488 e. The van der Waals surface area contributed by atoms with Crippen LogP contribution in [0.5, 0.6) is 5.75 Å². The topological polar surface area (TPSA) is 88.4 Å². The minimum atomic E-state index is -1.03. The molecule has 0 aliphatic carbocycles. The molecule has 0 saturated carbocycles. The molecule has 1 N–H and O–H groups in total. The Morgan fingerprint density at radius 3 is 3.00 bits per heavy atom. The number of amides is 1. The number of carbonyl (C=O) groups excluding carboxylic acids is 2. The second-order valence-corrected chi connectivity index (χ2v) is 6.80. The van der Waals surface area contributed by atoms with Crippen molar-refractivity contribution in [1.29, 1.82) is 5.26 Å². The molecule has 1 aliphatic rings. The van der Waals surface area contributed by atoms with Crippen molar-refractivity contribution >= 4 is 45.9 Å². The molecule has 1 aliphatic heterocycles. The van der Waals surface area contributed by atoms with Crippen LogP contribution in [0.25, 0.3) is 6.08 Å². The molecule has 132 valence electrons. The van der Waals surface area contributed by atoms with Crippen LogP contribution in [-0.4, -0.2) is 24.6 Å². The van der Waals surface area contributed by atoms with E-state index in [1.165, 1.54) is 18.3 Å². The number of fused-ring (bicyclic) bond motifs is 1. The number of nitriles is 1. The van der Waals surface area contributed by atoms with Crippen LogP contribution in [0.1, 0.15) is 18.1 Å². The zero-order valence-corrected chi connectivity index (χ0v) is 15.2. The van der Waals surface area contributed by atoms with Crippen molar-refractivity contribution in [2.45, 2.75) is 13.0 Å². The molecule has 3 rings (SSSR count). The molecule has 1 unspecified atom stereocenters. The molecular weight excluding hydrogens is 376 g/mol. The highest BCUT2D eigenvalue weighted by Crippen LogP contribution is 2.29. The highest BCUT2D eigenvalue weighted by molar-refractivity contribution is 7.14. The molecule has 26 heavy (non-hydrogen) atoms. The van der Waals surface area contributed by atoms with E-state index >= 15 is 0 Å². The lowest BCUT2D eigenvalue weighted by Crippen LogP contribution is -2.31. The maximum Gasteiger partial charge on any atom is 0.338 e. The van der Waals surface area contributed by atoms with Gasteiger partial charge in [-0.05, 0) is 42.6 Å². The van der Waals surface area contributed by atoms with Gasteiger partial charge in [0.1, 0.15) is 23.4 Å². The van der Waals surface area contributed by atoms with Gasteiger partial charge in [-0.2, -0.15) is 5.26 Å². The standard InChI is InChI=1S/C18H13ClN2O4S/c1-10(16(22)21-17-11(8-20)4-5-26-17)25-18(23)13-6-12-7-14(19)2-3-15(12)24-9-13/h2-7,10H,9H2,1H3,(H,21,22). The van der Waals surface area contributed by atoms with E-state index in [-0.39, 0.29) is 12.2 Å². The highest BCUT2D eigenvalue weighted by Gasteiger charge is 2.24. The van der Waals surface area contributed by atoms with E-state index < -0.39 is 18.0 Å². The Labute approximate surface area is 158 Å². The van der Waals surface area contributed by atoms with Crippen LogP contribution in [0, 0.1) is 11.3 Å². The van der Waals surface area contributed by atoms with Crippen molar-refractivity contribution in [3.63, 3.8) is 0 Å². The first-order valence-electron chi connectivity index (χ1n) is 7.60. The smallest absolute Gasteiger partial charge is 0.338 e.